The maximum Gasteiger partial charge on any atom is 0.112 e. The molecule has 0 saturated heterocycles. The highest BCUT2D eigenvalue weighted by Gasteiger charge is 2.14. The van der Waals surface area contributed by atoms with E-state index in [1.165, 1.54) is 12.1 Å². The fourth-order valence-electron chi connectivity index (χ4n) is 0.786. The van der Waals surface area contributed by atoms with Crippen molar-refractivity contribution in [2.24, 2.45) is 0 Å². The third-order valence-corrected chi connectivity index (χ3v) is 2.19. The molecule has 0 spiro atoms. The van der Waals surface area contributed by atoms with E-state index in [0.29, 0.717) is 0 Å². The zero-order valence-corrected chi connectivity index (χ0v) is 8.88. The topological polar surface area (TPSA) is 60.7 Å². The lowest BCUT2D eigenvalue weighted by Crippen LogP contribution is -1.95. The van der Waals surface area contributed by atoms with E-state index in [9.17, 15) is 0 Å². The zero-order chi connectivity index (χ0) is 10.5. The number of hydrogen-bond acceptors (Lipinski definition) is 3. The first-order valence-corrected chi connectivity index (χ1v) is 5.58. The van der Waals surface area contributed by atoms with Gasteiger partial charge in [-0.1, -0.05) is 26.0 Å². The van der Waals surface area contributed by atoms with Gasteiger partial charge in [-0.05, 0) is 24.6 Å². The fraction of sp³-hybridized carbons (Fsp3) is 0.333. The van der Waals surface area contributed by atoms with Gasteiger partial charge < -0.3 is 13.7 Å². The minimum absolute atomic E-state index is 0.164. The molecule has 0 unspecified atom stereocenters. The van der Waals surface area contributed by atoms with Gasteiger partial charge in [0.15, 0.2) is 0 Å². The Morgan fingerprint density at radius 3 is 1.92 bits per heavy atom. The highest BCUT2D eigenvalue weighted by Crippen LogP contribution is 2.43. The molecule has 3 N–H and O–H groups in total. The quantitative estimate of drug-likeness (QED) is 0.655. The first-order chi connectivity index (χ1) is 6.00. The summed E-state index contributed by atoms with van der Waals surface area (Å²) < 4.78 is 26.4. The van der Waals surface area contributed by atoms with Crippen LogP contribution in [-0.2, 0) is 0 Å². The molecule has 13 heavy (non-hydrogen) atoms. The summed E-state index contributed by atoms with van der Waals surface area (Å²) in [6, 6.07) is 6.49. The van der Waals surface area contributed by atoms with Crippen molar-refractivity contribution in [3.63, 3.8) is 0 Å². The third-order valence-electron chi connectivity index (χ3n) is 1.31. The second-order valence-corrected chi connectivity index (χ2v) is 3.84. The van der Waals surface area contributed by atoms with E-state index in [1.54, 1.807) is 6.07 Å². The minimum Gasteiger partial charge on any atom is -0.304 e. The Kier molecular flexibility index (Phi) is 5.02. The van der Waals surface area contributed by atoms with Crippen LogP contribution in [0.2, 0.25) is 0 Å². The molecule has 0 aliphatic heterocycles. The summed E-state index contributed by atoms with van der Waals surface area (Å²) in [5.41, 5.74) is 0.886. The van der Waals surface area contributed by atoms with Crippen LogP contribution in [0.4, 0.5) is 0 Å². The lowest BCUT2D eigenvalue weighted by Gasteiger charge is -2.18. The van der Waals surface area contributed by atoms with Crippen LogP contribution in [0.3, 0.4) is 0 Å². The van der Waals surface area contributed by atoms with E-state index >= 15 is 0 Å². The van der Waals surface area contributed by atoms with Crippen molar-refractivity contribution in [1.82, 2.24) is 0 Å². The molecular formula is C9H16O3S. The molecule has 0 aliphatic rings. The van der Waals surface area contributed by atoms with Crippen LogP contribution < -0.4 is 0 Å². The molecule has 4 heteroatoms. The number of benzene rings is 1. The van der Waals surface area contributed by atoms with E-state index in [2.05, 4.69) is 0 Å². The molecule has 0 aromatic heterocycles. The standard InChI is InChI=1S/C7H10O3S.C2H6/c1-6-3-2-4-7(5-6)11(8,9)10;1-2/h2-5,8-10H,1H3;1-2H3. The van der Waals surface area contributed by atoms with E-state index in [4.69, 9.17) is 13.7 Å². The smallest absolute Gasteiger partial charge is 0.112 e. The monoisotopic (exact) mass is 204 g/mol. The van der Waals surface area contributed by atoms with Gasteiger partial charge in [-0.3, -0.25) is 0 Å². The Morgan fingerprint density at radius 2 is 1.62 bits per heavy atom. The lowest BCUT2D eigenvalue weighted by molar-refractivity contribution is 0.376. The van der Waals surface area contributed by atoms with Crippen LogP contribution >= 0.6 is 10.9 Å². The molecule has 0 atom stereocenters. The highest BCUT2D eigenvalue weighted by molar-refractivity contribution is 8.19. The van der Waals surface area contributed by atoms with Crippen LogP contribution in [0.25, 0.3) is 0 Å². The third kappa shape index (κ3) is 4.28. The summed E-state index contributed by atoms with van der Waals surface area (Å²) in [6.45, 7) is 5.81. The molecule has 3 nitrogen and oxygen atoms in total. The van der Waals surface area contributed by atoms with Crippen LogP contribution in [-0.4, -0.2) is 13.7 Å². The average molecular weight is 204 g/mol. The van der Waals surface area contributed by atoms with Crippen LogP contribution in [0.1, 0.15) is 19.4 Å². The molecule has 0 radical (unpaired) electrons. The molecule has 1 rings (SSSR count). The van der Waals surface area contributed by atoms with Crippen molar-refractivity contribution in [2.75, 3.05) is 0 Å². The first-order valence-electron chi connectivity index (χ1n) is 4.07. The first kappa shape index (κ1) is 12.4. The Hall–Kier alpha value is -0.550. The van der Waals surface area contributed by atoms with Gasteiger partial charge in [-0.2, -0.15) is 0 Å². The van der Waals surface area contributed by atoms with Crippen molar-refractivity contribution in [1.29, 1.82) is 0 Å². The predicted molar refractivity (Wildman–Crippen MR) is 56.3 cm³/mol. The van der Waals surface area contributed by atoms with E-state index in [0.717, 1.165) is 5.56 Å². The fourth-order valence-corrected chi connectivity index (χ4v) is 1.39. The Bertz CT molecular complexity index is 255. The molecule has 1 aromatic carbocycles. The predicted octanol–water partition coefficient (Wildman–Crippen LogP) is 3.60. The van der Waals surface area contributed by atoms with Crippen molar-refractivity contribution in [2.45, 2.75) is 25.7 Å². The van der Waals surface area contributed by atoms with Gasteiger partial charge in [-0.25, -0.2) is 0 Å². The normalized spacial score (nSPS) is 11.5. The summed E-state index contributed by atoms with van der Waals surface area (Å²) in [7, 11) is -3.53. The molecule has 0 aliphatic carbocycles. The number of rotatable bonds is 1. The second kappa shape index (κ2) is 5.24. The van der Waals surface area contributed by atoms with Crippen LogP contribution in [0, 0.1) is 6.92 Å². The zero-order valence-electron chi connectivity index (χ0n) is 8.06. The maximum atomic E-state index is 8.81. The second-order valence-electron chi connectivity index (χ2n) is 2.34. The van der Waals surface area contributed by atoms with Crippen molar-refractivity contribution < 1.29 is 13.7 Å². The van der Waals surface area contributed by atoms with E-state index < -0.39 is 10.9 Å². The summed E-state index contributed by atoms with van der Waals surface area (Å²) in [6.07, 6.45) is 0. The molecule has 0 amide bonds. The van der Waals surface area contributed by atoms with Gasteiger partial charge in [0.25, 0.3) is 0 Å². The van der Waals surface area contributed by atoms with Gasteiger partial charge in [0.1, 0.15) is 10.9 Å². The molecular weight excluding hydrogens is 188 g/mol. The molecule has 0 saturated carbocycles. The molecule has 0 bridgehead atoms. The Labute approximate surface area is 80.6 Å². The molecule has 0 heterocycles. The Morgan fingerprint density at radius 1 is 1.08 bits per heavy atom. The largest absolute Gasteiger partial charge is 0.304 e. The summed E-state index contributed by atoms with van der Waals surface area (Å²) in [5.74, 6) is 0. The molecule has 1 aromatic rings. The number of hydrogen-bond donors (Lipinski definition) is 3. The van der Waals surface area contributed by atoms with Crippen LogP contribution in [0.15, 0.2) is 29.2 Å². The SMILES string of the molecule is CC.Cc1cccc(S(O)(O)O)c1. The van der Waals surface area contributed by atoms with Gasteiger partial charge >= 0.3 is 0 Å². The van der Waals surface area contributed by atoms with E-state index in [1.807, 2.05) is 26.8 Å². The van der Waals surface area contributed by atoms with Gasteiger partial charge in [0.05, 0.1) is 4.90 Å². The Balaban J connectivity index is 0.000000671. The number of aryl methyl sites for hydroxylation is 1. The van der Waals surface area contributed by atoms with Crippen molar-refractivity contribution in [3.8, 4) is 0 Å². The summed E-state index contributed by atoms with van der Waals surface area (Å²) in [4.78, 5) is 0.164. The van der Waals surface area contributed by atoms with Gasteiger partial charge in [-0.15, -0.1) is 0 Å². The van der Waals surface area contributed by atoms with Crippen LogP contribution in [0.5, 0.6) is 0 Å². The van der Waals surface area contributed by atoms with Crippen molar-refractivity contribution >= 4 is 10.9 Å². The van der Waals surface area contributed by atoms with E-state index in [-0.39, 0.29) is 4.90 Å². The summed E-state index contributed by atoms with van der Waals surface area (Å²) >= 11 is 0. The van der Waals surface area contributed by atoms with Gasteiger partial charge in [0, 0.05) is 0 Å². The average Bonchev–Trinajstić information content (AvgIpc) is 2.06. The molecule has 76 valence electrons. The summed E-state index contributed by atoms with van der Waals surface area (Å²) in [5, 5.41) is 0. The van der Waals surface area contributed by atoms with Gasteiger partial charge in [0.2, 0.25) is 0 Å². The minimum atomic E-state index is -3.53. The highest BCUT2D eigenvalue weighted by atomic mass is 32.3. The lowest BCUT2D eigenvalue weighted by atomic mass is 10.2. The molecule has 0 fully saturated rings. The maximum absolute atomic E-state index is 8.81. The van der Waals surface area contributed by atoms with Crippen molar-refractivity contribution in [3.05, 3.63) is 29.8 Å².